The van der Waals surface area contributed by atoms with Crippen LogP contribution in [0.3, 0.4) is 0 Å². The molecule has 0 saturated heterocycles. The molecule has 0 aliphatic carbocycles. The lowest BCUT2D eigenvalue weighted by Gasteiger charge is -2.17. The van der Waals surface area contributed by atoms with Crippen molar-refractivity contribution in [1.29, 1.82) is 0 Å². The van der Waals surface area contributed by atoms with Crippen LogP contribution in [0.2, 0.25) is 5.02 Å². The summed E-state index contributed by atoms with van der Waals surface area (Å²) < 4.78 is 13.8. The molecular formula is C23H22Br2ClNO2. The van der Waals surface area contributed by atoms with Crippen molar-refractivity contribution in [1.82, 2.24) is 0 Å². The predicted octanol–water partition coefficient (Wildman–Crippen LogP) is 7.76. The maximum Gasteiger partial charge on any atom is 0.175 e. The van der Waals surface area contributed by atoms with Gasteiger partial charge in [-0.25, -0.2) is 0 Å². The fourth-order valence-corrected chi connectivity index (χ4v) is 3.90. The molecular weight excluding hydrogens is 518 g/mol. The zero-order valence-corrected chi connectivity index (χ0v) is 20.2. The Morgan fingerprint density at radius 2 is 1.72 bits per heavy atom. The first-order valence-corrected chi connectivity index (χ1v) is 11.3. The summed E-state index contributed by atoms with van der Waals surface area (Å²) in [5.41, 5.74) is 4.22. The van der Waals surface area contributed by atoms with Crippen molar-refractivity contribution in [2.24, 2.45) is 0 Å². The molecule has 0 spiro atoms. The highest BCUT2D eigenvalue weighted by molar-refractivity contribution is 9.10. The fourth-order valence-electron chi connectivity index (χ4n) is 2.86. The molecule has 0 bridgehead atoms. The molecule has 6 heteroatoms. The maximum absolute atomic E-state index is 6.22. The first-order valence-electron chi connectivity index (χ1n) is 9.29. The largest absolute Gasteiger partial charge is 0.490 e. The van der Waals surface area contributed by atoms with Crippen LogP contribution in [0.15, 0.2) is 63.5 Å². The molecule has 3 nitrogen and oxygen atoms in total. The second-order valence-corrected chi connectivity index (χ2v) is 8.70. The summed E-state index contributed by atoms with van der Waals surface area (Å²) >= 11 is 13.3. The average Bonchev–Trinajstić information content (AvgIpc) is 2.70. The van der Waals surface area contributed by atoms with E-state index in [1.54, 1.807) is 0 Å². The van der Waals surface area contributed by atoms with Gasteiger partial charge in [-0.1, -0.05) is 45.7 Å². The third kappa shape index (κ3) is 5.91. The monoisotopic (exact) mass is 537 g/mol. The minimum Gasteiger partial charge on any atom is -0.490 e. The van der Waals surface area contributed by atoms with Crippen molar-refractivity contribution in [3.05, 3.63) is 85.3 Å². The van der Waals surface area contributed by atoms with Gasteiger partial charge in [-0.2, -0.15) is 0 Å². The average molecular weight is 540 g/mol. The molecule has 3 aromatic rings. The molecule has 0 heterocycles. The molecule has 0 saturated carbocycles. The van der Waals surface area contributed by atoms with Gasteiger partial charge in [-0.15, -0.1) is 0 Å². The van der Waals surface area contributed by atoms with Crippen LogP contribution in [-0.2, 0) is 13.2 Å². The molecule has 0 radical (unpaired) electrons. The fraction of sp³-hybridized carbons (Fsp3) is 0.217. The van der Waals surface area contributed by atoms with Crippen molar-refractivity contribution in [2.45, 2.75) is 27.0 Å². The summed E-state index contributed by atoms with van der Waals surface area (Å²) in [5, 5.41) is 4.20. The van der Waals surface area contributed by atoms with Gasteiger partial charge in [-0.05, 0) is 82.9 Å². The predicted molar refractivity (Wildman–Crippen MR) is 127 cm³/mol. The van der Waals surface area contributed by atoms with Crippen LogP contribution in [0.5, 0.6) is 11.5 Å². The summed E-state index contributed by atoms with van der Waals surface area (Å²) in [4.78, 5) is 0. The summed E-state index contributed by atoms with van der Waals surface area (Å²) in [6.45, 7) is 5.64. The summed E-state index contributed by atoms with van der Waals surface area (Å²) in [5.74, 6) is 1.43. The van der Waals surface area contributed by atoms with Crippen LogP contribution in [-0.4, -0.2) is 6.61 Å². The standard InChI is InChI=1S/C23H22Br2ClNO2/c1-3-28-22-12-17(13-27-21-6-4-5-20(26)15(21)2)11-19(25)23(22)29-14-16-7-9-18(24)10-8-16/h4-12,27H,3,13-14H2,1-2H3. The number of nitrogens with one attached hydrogen (secondary N) is 1. The van der Waals surface area contributed by atoms with Crippen LogP contribution in [0.1, 0.15) is 23.6 Å². The number of hydrogen-bond donors (Lipinski definition) is 1. The third-order valence-corrected chi connectivity index (χ3v) is 5.94. The van der Waals surface area contributed by atoms with Gasteiger partial charge in [0.25, 0.3) is 0 Å². The van der Waals surface area contributed by atoms with Crippen molar-refractivity contribution in [3.8, 4) is 11.5 Å². The molecule has 0 amide bonds. The third-order valence-electron chi connectivity index (χ3n) is 4.42. The van der Waals surface area contributed by atoms with Gasteiger partial charge in [0.05, 0.1) is 11.1 Å². The van der Waals surface area contributed by atoms with Gasteiger partial charge >= 0.3 is 0 Å². The van der Waals surface area contributed by atoms with Gasteiger partial charge in [-0.3, -0.25) is 0 Å². The van der Waals surface area contributed by atoms with Crippen molar-refractivity contribution < 1.29 is 9.47 Å². The van der Waals surface area contributed by atoms with E-state index in [1.807, 2.05) is 68.4 Å². The molecule has 0 fully saturated rings. The molecule has 1 N–H and O–H groups in total. The highest BCUT2D eigenvalue weighted by atomic mass is 79.9. The Balaban J connectivity index is 1.76. The Kier molecular flexibility index (Phi) is 7.87. The topological polar surface area (TPSA) is 30.5 Å². The van der Waals surface area contributed by atoms with E-state index in [1.165, 1.54) is 0 Å². The zero-order valence-electron chi connectivity index (χ0n) is 16.3. The van der Waals surface area contributed by atoms with Gasteiger partial charge in [0.1, 0.15) is 6.61 Å². The van der Waals surface area contributed by atoms with E-state index in [2.05, 4.69) is 37.2 Å². The molecule has 29 heavy (non-hydrogen) atoms. The van der Waals surface area contributed by atoms with Gasteiger partial charge in [0, 0.05) is 21.7 Å². The van der Waals surface area contributed by atoms with Gasteiger partial charge in [0.15, 0.2) is 11.5 Å². The summed E-state index contributed by atoms with van der Waals surface area (Å²) in [6.07, 6.45) is 0. The number of halogens is 3. The lowest BCUT2D eigenvalue weighted by Crippen LogP contribution is -2.04. The molecule has 152 valence electrons. The molecule has 0 unspecified atom stereocenters. The summed E-state index contributed by atoms with van der Waals surface area (Å²) in [6, 6.07) is 18.0. The Hall–Kier alpha value is -1.69. The smallest absolute Gasteiger partial charge is 0.175 e. The SMILES string of the molecule is CCOc1cc(CNc2cccc(Cl)c2C)cc(Br)c1OCc1ccc(Br)cc1. The van der Waals surface area contributed by atoms with Crippen molar-refractivity contribution in [3.63, 3.8) is 0 Å². The van der Waals surface area contributed by atoms with Crippen LogP contribution < -0.4 is 14.8 Å². The molecule has 0 aromatic heterocycles. The zero-order chi connectivity index (χ0) is 20.8. The van der Waals surface area contributed by atoms with E-state index in [0.717, 1.165) is 42.1 Å². The van der Waals surface area contributed by atoms with Crippen molar-refractivity contribution >= 4 is 49.1 Å². The number of rotatable bonds is 8. The highest BCUT2D eigenvalue weighted by Crippen LogP contribution is 2.38. The minimum atomic E-state index is 0.464. The van der Waals surface area contributed by atoms with E-state index >= 15 is 0 Å². The number of anilines is 1. The van der Waals surface area contributed by atoms with Crippen LogP contribution in [0.4, 0.5) is 5.69 Å². The van der Waals surface area contributed by atoms with Crippen LogP contribution in [0, 0.1) is 6.92 Å². The second-order valence-electron chi connectivity index (χ2n) is 6.52. The van der Waals surface area contributed by atoms with Crippen molar-refractivity contribution in [2.75, 3.05) is 11.9 Å². The Labute approximate surface area is 193 Å². The number of hydrogen-bond acceptors (Lipinski definition) is 3. The lowest BCUT2D eigenvalue weighted by molar-refractivity contribution is 0.267. The lowest BCUT2D eigenvalue weighted by atomic mass is 10.1. The molecule has 0 aliphatic heterocycles. The van der Waals surface area contributed by atoms with Gasteiger partial charge in [0.2, 0.25) is 0 Å². The van der Waals surface area contributed by atoms with E-state index in [4.69, 9.17) is 21.1 Å². The number of benzene rings is 3. The van der Waals surface area contributed by atoms with E-state index in [9.17, 15) is 0 Å². The Morgan fingerprint density at radius 1 is 0.966 bits per heavy atom. The Bertz CT molecular complexity index is 977. The quantitative estimate of drug-likeness (QED) is 0.317. The highest BCUT2D eigenvalue weighted by Gasteiger charge is 2.13. The first kappa shape index (κ1) is 22.0. The van der Waals surface area contributed by atoms with E-state index < -0.39 is 0 Å². The van der Waals surface area contributed by atoms with Crippen LogP contribution >= 0.6 is 43.5 Å². The number of ether oxygens (including phenoxy) is 2. The van der Waals surface area contributed by atoms with E-state index in [-0.39, 0.29) is 0 Å². The maximum atomic E-state index is 6.22. The molecule has 3 rings (SSSR count). The molecule has 0 aliphatic rings. The first-order chi connectivity index (χ1) is 14.0. The minimum absolute atomic E-state index is 0.464. The second kappa shape index (κ2) is 10.4. The van der Waals surface area contributed by atoms with E-state index in [0.29, 0.717) is 25.5 Å². The molecule has 0 atom stereocenters. The Morgan fingerprint density at radius 3 is 2.45 bits per heavy atom. The molecule has 3 aromatic carbocycles. The summed E-state index contributed by atoms with van der Waals surface area (Å²) in [7, 11) is 0. The normalized spacial score (nSPS) is 10.7. The van der Waals surface area contributed by atoms with Gasteiger partial charge < -0.3 is 14.8 Å². The van der Waals surface area contributed by atoms with Crippen LogP contribution in [0.25, 0.3) is 0 Å².